The molecule has 5 nitrogen and oxygen atoms in total. The molecule has 19 heavy (non-hydrogen) atoms. The summed E-state index contributed by atoms with van der Waals surface area (Å²) >= 11 is 0. The normalized spacial score (nSPS) is 11.5. The van der Waals surface area contributed by atoms with Crippen LogP contribution in [0.2, 0.25) is 0 Å². The summed E-state index contributed by atoms with van der Waals surface area (Å²) in [6.45, 7) is 5.91. The van der Waals surface area contributed by atoms with E-state index in [1.54, 1.807) is 12.1 Å². The fourth-order valence-corrected chi connectivity index (χ4v) is 1.35. The summed E-state index contributed by atoms with van der Waals surface area (Å²) in [5.41, 5.74) is 0.238. The lowest BCUT2D eigenvalue weighted by Gasteiger charge is -2.19. The molecule has 0 aliphatic heterocycles. The van der Waals surface area contributed by atoms with Crippen LogP contribution in [0.5, 0.6) is 0 Å². The molecule has 5 heteroatoms. The van der Waals surface area contributed by atoms with E-state index < -0.39 is 11.7 Å². The lowest BCUT2D eigenvalue weighted by molar-refractivity contribution is 0.0528. The number of rotatable bonds is 5. The van der Waals surface area contributed by atoms with Gasteiger partial charge in [-0.15, -0.1) is 0 Å². The van der Waals surface area contributed by atoms with Gasteiger partial charge < -0.3 is 14.5 Å². The number of carbonyl (C=O) groups is 2. The van der Waals surface area contributed by atoms with Crippen molar-refractivity contribution < 1.29 is 18.7 Å². The highest BCUT2D eigenvalue weighted by Gasteiger charge is 2.15. The predicted molar refractivity (Wildman–Crippen MR) is 72.0 cm³/mol. The van der Waals surface area contributed by atoms with Gasteiger partial charge in [-0.1, -0.05) is 12.2 Å². The minimum Gasteiger partial charge on any atom is -0.461 e. The van der Waals surface area contributed by atoms with Gasteiger partial charge in [0.1, 0.15) is 5.60 Å². The second-order valence-corrected chi connectivity index (χ2v) is 4.98. The van der Waals surface area contributed by atoms with E-state index in [-0.39, 0.29) is 0 Å². The van der Waals surface area contributed by atoms with Crippen LogP contribution in [0.15, 0.2) is 22.8 Å². The van der Waals surface area contributed by atoms with Crippen molar-refractivity contribution in [3.05, 3.63) is 29.7 Å². The van der Waals surface area contributed by atoms with Gasteiger partial charge in [-0.05, 0) is 33.3 Å². The highest BCUT2D eigenvalue weighted by molar-refractivity contribution is 5.77. The molecule has 1 rings (SSSR count). The lowest BCUT2D eigenvalue weighted by Crippen LogP contribution is -2.32. The van der Waals surface area contributed by atoms with Gasteiger partial charge >= 0.3 is 6.09 Å². The van der Waals surface area contributed by atoms with E-state index in [1.165, 1.54) is 6.26 Å². The zero-order valence-electron chi connectivity index (χ0n) is 11.4. The number of hydrogen-bond donors (Lipinski definition) is 1. The molecule has 0 atom stereocenters. The second kappa shape index (κ2) is 6.78. The molecule has 0 saturated carbocycles. The Labute approximate surface area is 112 Å². The van der Waals surface area contributed by atoms with E-state index in [0.29, 0.717) is 25.0 Å². The fourth-order valence-electron chi connectivity index (χ4n) is 1.35. The molecule has 1 aromatic heterocycles. The molecule has 1 N–H and O–H groups in total. The molecule has 0 aromatic carbocycles. The highest BCUT2D eigenvalue weighted by atomic mass is 16.6. The van der Waals surface area contributed by atoms with Gasteiger partial charge in [-0.3, -0.25) is 4.79 Å². The number of carbonyl (C=O) groups excluding carboxylic acids is 2. The molecular weight excluding hydrogens is 246 g/mol. The molecule has 0 spiro atoms. The summed E-state index contributed by atoms with van der Waals surface area (Å²) in [6, 6.07) is 1.71. The van der Waals surface area contributed by atoms with Crippen molar-refractivity contribution >= 4 is 18.5 Å². The maximum absolute atomic E-state index is 11.3. The largest absolute Gasteiger partial charge is 0.461 e. The molecule has 0 bridgehead atoms. The molecule has 0 unspecified atom stereocenters. The maximum Gasteiger partial charge on any atom is 0.407 e. The van der Waals surface area contributed by atoms with Crippen molar-refractivity contribution in [2.24, 2.45) is 0 Å². The zero-order valence-corrected chi connectivity index (χ0v) is 11.4. The first-order chi connectivity index (χ1) is 8.92. The number of amides is 1. The summed E-state index contributed by atoms with van der Waals surface area (Å²) in [5, 5.41) is 2.64. The van der Waals surface area contributed by atoms with Gasteiger partial charge in [0.2, 0.25) is 0 Å². The number of hydrogen-bond acceptors (Lipinski definition) is 4. The number of aldehydes is 1. The first kappa shape index (κ1) is 15.0. The first-order valence-corrected chi connectivity index (χ1v) is 6.08. The van der Waals surface area contributed by atoms with Crippen LogP contribution in [0.25, 0.3) is 6.08 Å². The standard InChI is InChI=1S/C14H19NO4/c1-14(2,3)19-13(17)15-8-5-4-6-11-7-9-18-12(11)10-16/h4,6-7,9-10H,5,8H2,1-3H3,(H,15,17). The fraction of sp³-hybridized carbons (Fsp3) is 0.429. The van der Waals surface area contributed by atoms with E-state index in [4.69, 9.17) is 9.15 Å². The zero-order chi connectivity index (χ0) is 14.3. The first-order valence-electron chi connectivity index (χ1n) is 6.08. The van der Waals surface area contributed by atoms with Crippen molar-refractivity contribution in [2.75, 3.05) is 6.54 Å². The molecular formula is C14H19NO4. The summed E-state index contributed by atoms with van der Waals surface area (Å²) < 4.78 is 10.0. The van der Waals surface area contributed by atoms with Crippen LogP contribution in [-0.2, 0) is 4.74 Å². The minimum atomic E-state index is -0.490. The SMILES string of the molecule is CC(C)(C)OC(=O)NCCC=Cc1ccoc1C=O. The van der Waals surface area contributed by atoms with Crippen LogP contribution >= 0.6 is 0 Å². The third kappa shape index (κ3) is 5.90. The van der Waals surface area contributed by atoms with Gasteiger partial charge in [-0.25, -0.2) is 4.79 Å². The third-order valence-corrected chi connectivity index (χ3v) is 2.11. The molecule has 0 radical (unpaired) electrons. The van der Waals surface area contributed by atoms with Gasteiger partial charge in [0.05, 0.1) is 6.26 Å². The Kier molecular flexibility index (Phi) is 5.36. The Bertz CT molecular complexity index is 454. The van der Waals surface area contributed by atoms with Crippen LogP contribution in [0.3, 0.4) is 0 Å². The molecule has 104 valence electrons. The number of alkyl carbamates (subject to hydrolysis) is 1. The van der Waals surface area contributed by atoms with Gasteiger partial charge in [-0.2, -0.15) is 0 Å². The Balaban J connectivity index is 2.28. The Hall–Kier alpha value is -2.04. The third-order valence-electron chi connectivity index (χ3n) is 2.11. The van der Waals surface area contributed by atoms with Crippen LogP contribution < -0.4 is 5.32 Å². The summed E-state index contributed by atoms with van der Waals surface area (Å²) in [5.74, 6) is 0.302. The summed E-state index contributed by atoms with van der Waals surface area (Å²) in [4.78, 5) is 21.9. The van der Waals surface area contributed by atoms with Gasteiger partial charge in [0, 0.05) is 12.1 Å². The van der Waals surface area contributed by atoms with Crippen molar-refractivity contribution in [3.63, 3.8) is 0 Å². The topological polar surface area (TPSA) is 68.5 Å². The van der Waals surface area contributed by atoms with E-state index in [0.717, 1.165) is 5.56 Å². The maximum atomic E-state index is 11.3. The van der Waals surface area contributed by atoms with Gasteiger partial charge in [0.15, 0.2) is 12.0 Å². The average molecular weight is 265 g/mol. The molecule has 0 fully saturated rings. The highest BCUT2D eigenvalue weighted by Crippen LogP contribution is 2.10. The number of ether oxygens (including phenoxy) is 1. The van der Waals surface area contributed by atoms with E-state index in [9.17, 15) is 9.59 Å². The minimum absolute atomic E-state index is 0.302. The molecule has 1 heterocycles. The van der Waals surface area contributed by atoms with Crippen LogP contribution in [0.4, 0.5) is 4.79 Å². The summed E-state index contributed by atoms with van der Waals surface area (Å²) in [6.07, 6.45) is 5.97. The monoisotopic (exact) mass is 265 g/mol. The smallest absolute Gasteiger partial charge is 0.407 e. The number of furan rings is 1. The second-order valence-electron chi connectivity index (χ2n) is 4.98. The number of nitrogens with one attached hydrogen (secondary N) is 1. The molecule has 0 aliphatic carbocycles. The molecule has 1 aromatic rings. The molecule has 0 saturated heterocycles. The van der Waals surface area contributed by atoms with Crippen molar-refractivity contribution in [1.82, 2.24) is 5.32 Å². The van der Waals surface area contributed by atoms with Gasteiger partial charge in [0.25, 0.3) is 0 Å². The lowest BCUT2D eigenvalue weighted by atomic mass is 10.2. The van der Waals surface area contributed by atoms with Crippen molar-refractivity contribution in [3.8, 4) is 0 Å². The van der Waals surface area contributed by atoms with Crippen LogP contribution in [-0.4, -0.2) is 24.5 Å². The van der Waals surface area contributed by atoms with E-state index in [2.05, 4.69) is 5.32 Å². The molecule has 1 amide bonds. The Morgan fingerprint density at radius 2 is 2.21 bits per heavy atom. The predicted octanol–water partition coefficient (Wildman–Crippen LogP) is 3.02. The van der Waals surface area contributed by atoms with Crippen LogP contribution in [0.1, 0.15) is 43.3 Å². The Morgan fingerprint density at radius 3 is 2.84 bits per heavy atom. The quantitative estimate of drug-likeness (QED) is 0.656. The van der Waals surface area contributed by atoms with E-state index in [1.807, 2.05) is 26.8 Å². The van der Waals surface area contributed by atoms with Crippen molar-refractivity contribution in [2.45, 2.75) is 32.8 Å². The Morgan fingerprint density at radius 1 is 1.47 bits per heavy atom. The van der Waals surface area contributed by atoms with Crippen molar-refractivity contribution in [1.29, 1.82) is 0 Å². The molecule has 0 aliphatic rings. The summed E-state index contributed by atoms with van der Waals surface area (Å²) in [7, 11) is 0. The van der Waals surface area contributed by atoms with E-state index >= 15 is 0 Å². The van der Waals surface area contributed by atoms with Crippen LogP contribution in [0, 0.1) is 0 Å². The average Bonchev–Trinajstić information content (AvgIpc) is 2.73.